The molecule has 23 heavy (non-hydrogen) atoms. The average Bonchev–Trinajstić information content (AvgIpc) is 2.93. The first-order valence-electron chi connectivity index (χ1n) is 6.69. The number of rotatable bonds is 3. The lowest BCUT2D eigenvalue weighted by Gasteiger charge is -2.02. The number of halogens is 2. The molecule has 0 fully saturated rings. The number of benzene rings is 2. The van der Waals surface area contributed by atoms with Crippen LogP contribution in [-0.2, 0) is 9.53 Å². The highest BCUT2D eigenvalue weighted by Gasteiger charge is 2.24. The largest absolute Gasteiger partial charge is 0.497 e. The summed E-state index contributed by atoms with van der Waals surface area (Å²) in [5, 5.41) is 0.767. The monoisotopic (exact) mass is 347 g/mol. The van der Waals surface area contributed by atoms with Crippen LogP contribution in [0.3, 0.4) is 0 Å². The fraction of sp³-hybridized carbons (Fsp3) is 0.0588. The van der Waals surface area contributed by atoms with Gasteiger partial charge in [-0.1, -0.05) is 41.4 Å². The quantitative estimate of drug-likeness (QED) is 0.612. The van der Waals surface area contributed by atoms with E-state index in [0.29, 0.717) is 26.9 Å². The van der Waals surface area contributed by atoms with Crippen LogP contribution in [0.15, 0.2) is 53.2 Å². The van der Waals surface area contributed by atoms with Gasteiger partial charge >= 0.3 is 5.97 Å². The number of carbonyl (C=O) groups is 1. The molecule has 116 valence electrons. The molecule has 0 N–H and O–H groups in total. The Labute approximate surface area is 143 Å². The second-order valence-electron chi connectivity index (χ2n) is 4.71. The van der Waals surface area contributed by atoms with Gasteiger partial charge < -0.3 is 9.47 Å². The van der Waals surface area contributed by atoms with E-state index in [1.165, 1.54) is 0 Å². The number of nitrogens with zero attached hydrogens (tertiary/aromatic N) is 1. The fourth-order valence-electron chi connectivity index (χ4n) is 2.07. The predicted molar refractivity (Wildman–Crippen MR) is 90.1 cm³/mol. The summed E-state index contributed by atoms with van der Waals surface area (Å²) in [7, 11) is 1.56. The number of aliphatic imine (C=N–C) groups is 1. The Bertz CT molecular complexity index is 843. The maximum absolute atomic E-state index is 12.0. The molecular formula is C17H11Cl2NO3. The van der Waals surface area contributed by atoms with Gasteiger partial charge in [-0.15, -0.1) is 0 Å². The van der Waals surface area contributed by atoms with Crippen molar-refractivity contribution in [3.05, 3.63) is 69.3 Å². The van der Waals surface area contributed by atoms with Crippen LogP contribution in [0.4, 0.5) is 0 Å². The third-order valence-corrected chi connectivity index (χ3v) is 4.04. The maximum atomic E-state index is 12.0. The lowest BCUT2D eigenvalue weighted by molar-refractivity contribution is -0.129. The number of hydrogen-bond donors (Lipinski definition) is 0. The van der Waals surface area contributed by atoms with Crippen LogP contribution in [-0.4, -0.2) is 19.0 Å². The number of methoxy groups -OCH3 is 1. The highest BCUT2D eigenvalue weighted by atomic mass is 35.5. The van der Waals surface area contributed by atoms with Gasteiger partial charge in [-0.05, 0) is 35.9 Å². The second-order valence-corrected chi connectivity index (χ2v) is 5.50. The van der Waals surface area contributed by atoms with Crippen molar-refractivity contribution in [2.24, 2.45) is 4.99 Å². The van der Waals surface area contributed by atoms with Crippen LogP contribution in [0, 0.1) is 0 Å². The highest BCUT2D eigenvalue weighted by Crippen LogP contribution is 2.29. The minimum Gasteiger partial charge on any atom is -0.497 e. The molecule has 0 unspecified atom stereocenters. The molecule has 0 amide bonds. The van der Waals surface area contributed by atoms with Gasteiger partial charge in [0, 0.05) is 5.56 Å². The maximum Gasteiger partial charge on any atom is 0.363 e. The molecule has 0 bridgehead atoms. The first-order valence-corrected chi connectivity index (χ1v) is 7.45. The first kappa shape index (κ1) is 15.6. The summed E-state index contributed by atoms with van der Waals surface area (Å²) >= 11 is 12.1. The second kappa shape index (κ2) is 6.44. The lowest BCUT2D eigenvalue weighted by atomic mass is 10.2. The summed E-state index contributed by atoms with van der Waals surface area (Å²) in [6.07, 6.45) is 1.55. The Morgan fingerprint density at radius 1 is 1.17 bits per heavy atom. The molecule has 6 heteroatoms. The molecule has 2 aromatic carbocycles. The fourth-order valence-corrected chi connectivity index (χ4v) is 2.43. The summed E-state index contributed by atoms with van der Waals surface area (Å²) in [5.74, 6) is 0.328. The van der Waals surface area contributed by atoms with Gasteiger partial charge in [0.15, 0.2) is 5.70 Å². The van der Waals surface area contributed by atoms with Crippen LogP contribution in [0.25, 0.3) is 6.08 Å². The van der Waals surface area contributed by atoms with E-state index >= 15 is 0 Å². The molecular weight excluding hydrogens is 337 g/mol. The molecule has 0 spiro atoms. The van der Waals surface area contributed by atoms with E-state index in [1.807, 2.05) is 0 Å². The first-order chi connectivity index (χ1) is 11.1. The number of carbonyl (C=O) groups excluding carboxylic acids is 1. The zero-order chi connectivity index (χ0) is 16.4. The minimum absolute atomic E-state index is 0.159. The SMILES string of the molecule is COc1cccc(C2=N/C(=C\c3cccc(Cl)c3Cl)C(=O)O2)c1. The molecule has 1 aliphatic heterocycles. The Morgan fingerprint density at radius 2 is 1.96 bits per heavy atom. The van der Waals surface area contributed by atoms with E-state index in [0.717, 1.165) is 0 Å². The number of ether oxygens (including phenoxy) is 2. The zero-order valence-corrected chi connectivity index (χ0v) is 13.6. The molecule has 2 aromatic rings. The Kier molecular flexibility index (Phi) is 4.37. The Balaban J connectivity index is 1.98. The topological polar surface area (TPSA) is 47.9 Å². The van der Waals surface area contributed by atoms with Crippen molar-refractivity contribution in [2.45, 2.75) is 0 Å². The molecule has 0 saturated heterocycles. The molecule has 1 aliphatic rings. The lowest BCUT2D eigenvalue weighted by Crippen LogP contribution is -2.05. The summed E-state index contributed by atoms with van der Waals surface area (Å²) < 4.78 is 10.4. The predicted octanol–water partition coefficient (Wildman–Crippen LogP) is 4.35. The van der Waals surface area contributed by atoms with Gasteiger partial charge in [-0.3, -0.25) is 0 Å². The van der Waals surface area contributed by atoms with E-state index in [9.17, 15) is 4.79 Å². The van der Waals surface area contributed by atoms with E-state index in [-0.39, 0.29) is 11.6 Å². The summed E-state index contributed by atoms with van der Waals surface area (Å²) in [5.41, 5.74) is 1.41. The van der Waals surface area contributed by atoms with Crippen LogP contribution in [0.5, 0.6) is 5.75 Å². The molecule has 0 aliphatic carbocycles. The minimum atomic E-state index is -0.543. The Hall–Kier alpha value is -2.30. The van der Waals surface area contributed by atoms with Crippen molar-refractivity contribution in [2.75, 3.05) is 7.11 Å². The van der Waals surface area contributed by atoms with Gasteiger partial charge in [0.05, 0.1) is 17.2 Å². The van der Waals surface area contributed by atoms with Crippen LogP contribution in [0.1, 0.15) is 11.1 Å². The Morgan fingerprint density at radius 3 is 2.74 bits per heavy atom. The standard InChI is InChI=1S/C17H11Cl2NO3/c1-22-12-6-2-5-11(8-12)16-20-14(17(21)23-16)9-10-4-3-7-13(18)15(10)19/h2-9H,1H3/b14-9-. The number of esters is 1. The van der Waals surface area contributed by atoms with E-state index in [4.69, 9.17) is 32.7 Å². The van der Waals surface area contributed by atoms with Gasteiger partial charge in [0.2, 0.25) is 5.90 Å². The molecule has 0 atom stereocenters. The summed E-state index contributed by atoms with van der Waals surface area (Å²) in [4.78, 5) is 16.2. The normalized spacial score (nSPS) is 15.5. The van der Waals surface area contributed by atoms with Crippen LogP contribution < -0.4 is 4.74 Å². The number of cyclic esters (lactones) is 1. The third kappa shape index (κ3) is 3.23. The summed E-state index contributed by atoms with van der Waals surface area (Å²) in [6, 6.07) is 12.3. The van der Waals surface area contributed by atoms with Crippen molar-refractivity contribution >= 4 is 41.1 Å². The molecule has 3 rings (SSSR count). The van der Waals surface area contributed by atoms with Crippen LogP contribution >= 0.6 is 23.2 Å². The summed E-state index contributed by atoms with van der Waals surface area (Å²) in [6.45, 7) is 0. The van der Waals surface area contributed by atoms with Gasteiger partial charge in [-0.2, -0.15) is 0 Å². The van der Waals surface area contributed by atoms with E-state index in [1.54, 1.807) is 55.7 Å². The van der Waals surface area contributed by atoms with Crippen molar-refractivity contribution in [1.82, 2.24) is 0 Å². The number of hydrogen-bond acceptors (Lipinski definition) is 4. The van der Waals surface area contributed by atoms with E-state index in [2.05, 4.69) is 4.99 Å². The smallest absolute Gasteiger partial charge is 0.363 e. The van der Waals surface area contributed by atoms with Gasteiger partial charge in [-0.25, -0.2) is 9.79 Å². The molecule has 4 nitrogen and oxygen atoms in total. The van der Waals surface area contributed by atoms with Crippen molar-refractivity contribution in [3.63, 3.8) is 0 Å². The van der Waals surface area contributed by atoms with Gasteiger partial charge in [0.1, 0.15) is 5.75 Å². The van der Waals surface area contributed by atoms with Crippen LogP contribution in [0.2, 0.25) is 10.0 Å². The average molecular weight is 348 g/mol. The van der Waals surface area contributed by atoms with Crippen molar-refractivity contribution < 1.29 is 14.3 Å². The van der Waals surface area contributed by atoms with E-state index < -0.39 is 5.97 Å². The van der Waals surface area contributed by atoms with Crippen molar-refractivity contribution in [1.29, 1.82) is 0 Å². The highest BCUT2D eigenvalue weighted by molar-refractivity contribution is 6.43. The molecule has 0 aromatic heterocycles. The van der Waals surface area contributed by atoms with Crippen molar-refractivity contribution in [3.8, 4) is 5.75 Å². The van der Waals surface area contributed by atoms with Gasteiger partial charge in [0.25, 0.3) is 0 Å². The molecule has 1 heterocycles. The third-order valence-electron chi connectivity index (χ3n) is 3.21. The molecule has 0 saturated carbocycles. The zero-order valence-electron chi connectivity index (χ0n) is 12.0. The molecule has 0 radical (unpaired) electrons.